The molecule has 0 aliphatic heterocycles. The Hall–Kier alpha value is -1.74. The van der Waals surface area contributed by atoms with E-state index >= 15 is 0 Å². The monoisotopic (exact) mass is 275 g/mol. The highest BCUT2D eigenvalue weighted by Gasteiger charge is 2.24. The molecular weight excluding hydrogens is 262 g/mol. The Balaban J connectivity index is 2.29. The molecule has 1 aliphatic rings. The van der Waals surface area contributed by atoms with E-state index in [2.05, 4.69) is 12.2 Å². The average molecular weight is 276 g/mol. The number of hydrogen-bond donors (Lipinski definition) is 1. The number of aromatic nitrogens is 1. The molecule has 0 unspecified atom stereocenters. The molecule has 1 aliphatic carbocycles. The van der Waals surface area contributed by atoms with Crippen molar-refractivity contribution in [1.82, 2.24) is 4.57 Å². The van der Waals surface area contributed by atoms with Gasteiger partial charge in [-0.05, 0) is 25.3 Å². The Morgan fingerprint density at radius 2 is 2.16 bits per heavy atom. The third-order valence-corrected chi connectivity index (χ3v) is 4.00. The molecule has 1 aromatic heterocycles. The molecule has 3 nitrogen and oxygen atoms in total. The molecule has 0 amide bonds. The van der Waals surface area contributed by atoms with Crippen LogP contribution in [0.25, 0.3) is 10.9 Å². The Kier molecular flexibility index (Phi) is 3.07. The Morgan fingerprint density at radius 3 is 2.84 bits per heavy atom. The maximum atomic E-state index is 11.4. The molecule has 0 spiro atoms. The first-order valence-corrected chi connectivity index (χ1v) is 6.76. The normalized spacial score (nSPS) is 18.9. The molecule has 0 bridgehead atoms. The summed E-state index contributed by atoms with van der Waals surface area (Å²) in [6.07, 6.45) is 7.44. The van der Waals surface area contributed by atoms with Crippen molar-refractivity contribution >= 4 is 28.5 Å². The zero-order chi connectivity index (χ0) is 13.4. The van der Waals surface area contributed by atoms with E-state index in [4.69, 9.17) is 11.6 Å². The van der Waals surface area contributed by atoms with Crippen LogP contribution in [0.5, 0.6) is 0 Å². The lowest BCUT2D eigenvalue weighted by Gasteiger charge is -2.20. The molecule has 1 N–H and O–H groups in total. The van der Waals surface area contributed by atoms with Crippen molar-refractivity contribution in [2.24, 2.45) is 0 Å². The predicted molar refractivity (Wildman–Crippen MR) is 75.9 cm³/mol. The second-order valence-electron chi connectivity index (χ2n) is 4.78. The fourth-order valence-corrected chi connectivity index (χ4v) is 3.17. The minimum absolute atomic E-state index is 0.152. The molecule has 1 aromatic carbocycles. The maximum Gasteiger partial charge on any atom is 0.339 e. The van der Waals surface area contributed by atoms with Gasteiger partial charge in [-0.3, -0.25) is 0 Å². The molecule has 1 heterocycles. The molecule has 0 radical (unpaired) electrons. The van der Waals surface area contributed by atoms with E-state index in [-0.39, 0.29) is 11.6 Å². The first-order chi connectivity index (χ1) is 9.20. The number of nitrogens with zero attached hydrogens (tertiary/aromatic N) is 1. The van der Waals surface area contributed by atoms with Crippen LogP contribution < -0.4 is 0 Å². The fourth-order valence-electron chi connectivity index (χ4n) is 2.77. The number of hydrogen-bond acceptors (Lipinski definition) is 1. The molecule has 0 saturated heterocycles. The van der Waals surface area contributed by atoms with Gasteiger partial charge in [0, 0.05) is 5.39 Å². The number of halogens is 1. The summed E-state index contributed by atoms with van der Waals surface area (Å²) in [5.74, 6) is -0.972. The number of rotatable bonds is 2. The van der Waals surface area contributed by atoms with Gasteiger partial charge in [0.15, 0.2) is 0 Å². The van der Waals surface area contributed by atoms with Gasteiger partial charge in [0.1, 0.15) is 10.7 Å². The Labute approximate surface area is 116 Å². The van der Waals surface area contributed by atoms with Gasteiger partial charge in [0.25, 0.3) is 0 Å². The summed E-state index contributed by atoms with van der Waals surface area (Å²) < 4.78 is 1.94. The predicted octanol–water partition coefficient (Wildman–Crippen LogP) is 4.27. The standard InChI is InChI=1S/C15H14ClNO2/c16-14-13(15(18)19)11-8-4-5-9-12(11)17(14)10-6-2-1-3-7-10/h2,4-6,8-10H,1,3,7H2,(H,18,19)/t10-/m0/s1. The van der Waals surface area contributed by atoms with Crippen LogP contribution in [0.3, 0.4) is 0 Å². The van der Waals surface area contributed by atoms with Gasteiger partial charge in [0.2, 0.25) is 0 Å². The number of carbonyl (C=O) groups is 1. The van der Waals surface area contributed by atoms with Crippen LogP contribution in [0.4, 0.5) is 0 Å². The van der Waals surface area contributed by atoms with Crippen molar-refractivity contribution in [2.75, 3.05) is 0 Å². The third kappa shape index (κ3) is 1.94. The number of fused-ring (bicyclic) bond motifs is 1. The van der Waals surface area contributed by atoms with Crippen LogP contribution in [-0.2, 0) is 0 Å². The van der Waals surface area contributed by atoms with Gasteiger partial charge in [-0.2, -0.15) is 0 Å². The molecule has 1 atom stereocenters. The van der Waals surface area contributed by atoms with Crippen LogP contribution in [0.15, 0.2) is 36.4 Å². The van der Waals surface area contributed by atoms with E-state index in [9.17, 15) is 9.90 Å². The second kappa shape index (κ2) is 4.74. The van der Waals surface area contributed by atoms with E-state index in [0.717, 1.165) is 24.8 Å². The maximum absolute atomic E-state index is 11.4. The summed E-state index contributed by atoms with van der Waals surface area (Å²) in [7, 11) is 0. The van der Waals surface area contributed by atoms with E-state index in [1.165, 1.54) is 0 Å². The quantitative estimate of drug-likeness (QED) is 0.832. The van der Waals surface area contributed by atoms with Crippen LogP contribution in [0.1, 0.15) is 35.7 Å². The van der Waals surface area contributed by atoms with Crippen molar-refractivity contribution in [3.8, 4) is 0 Å². The van der Waals surface area contributed by atoms with E-state index in [0.29, 0.717) is 10.5 Å². The highest BCUT2D eigenvalue weighted by atomic mass is 35.5. The van der Waals surface area contributed by atoms with E-state index in [1.807, 2.05) is 28.8 Å². The number of carboxylic acid groups (broad SMARTS) is 1. The van der Waals surface area contributed by atoms with Crippen molar-refractivity contribution in [3.63, 3.8) is 0 Å². The molecule has 2 aromatic rings. The Morgan fingerprint density at radius 1 is 1.37 bits per heavy atom. The van der Waals surface area contributed by atoms with Crippen molar-refractivity contribution in [3.05, 3.63) is 47.1 Å². The zero-order valence-corrected chi connectivity index (χ0v) is 11.1. The summed E-state index contributed by atoms with van der Waals surface area (Å²) in [4.78, 5) is 11.4. The Bertz CT molecular complexity index is 672. The number of allylic oxidation sites excluding steroid dienone is 2. The first-order valence-electron chi connectivity index (χ1n) is 6.38. The molecular formula is C15H14ClNO2. The van der Waals surface area contributed by atoms with E-state index < -0.39 is 5.97 Å². The molecule has 98 valence electrons. The lowest BCUT2D eigenvalue weighted by atomic mass is 10.0. The van der Waals surface area contributed by atoms with Crippen LogP contribution in [0, 0.1) is 0 Å². The topological polar surface area (TPSA) is 42.2 Å². The van der Waals surface area contributed by atoms with Crippen molar-refractivity contribution < 1.29 is 9.90 Å². The number of aromatic carboxylic acids is 1. The summed E-state index contributed by atoms with van der Waals surface area (Å²) in [6, 6.07) is 7.64. The van der Waals surface area contributed by atoms with Gasteiger partial charge in [-0.1, -0.05) is 42.0 Å². The average Bonchev–Trinajstić information content (AvgIpc) is 2.71. The third-order valence-electron chi connectivity index (χ3n) is 3.63. The first kappa shape index (κ1) is 12.3. The van der Waals surface area contributed by atoms with Crippen LogP contribution in [-0.4, -0.2) is 15.6 Å². The van der Waals surface area contributed by atoms with Crippen LogP contribution in [0.2, 0.25) is 5.15 Å². The van der Waals surface area contributed by atoms with Crippen molar-refractivity contribution in [1.29, 1.82) is 0 Å². The van der Waals surface area contributed by atoms with Gasteiger partial charge in [-0.15, -0.1) is 0 Å². The summed E-state index contributed by atoms with van der Waals surface area (Å²) in [6.45, 7) is 0. The van der Waals surface area contributed by atoms with Crippen LogP contribution >= 0.6 is 11.6 Å². The highest BCUT2D eigenvalue weighted by molar-refractivity contribution is 6.35. The molecule has 19 heavy (non-hydrogen) atoms. The number of para-hydroxylation sites is 1. The lowest BCUT2D eigenvalue weighted by molar-refractivity contribution is 0.0699. The molecule has 4 heteroatoms. The SMILES string of the molecule is O=C(O)c1c(Cl)n([C@H]2C=CCCC2)c2ccccc12. The summed E-state index contributed by atoms with van der Waals surface area (Å²) in [5.41, 5.74) is 1.10. The smallest absolute Gasteiger partial charge is 0.339 e. The van der Waals surface area contributed by atoms with Gasteiger partial charge >= 0.3 is 5.97 Å². The lowest BCUT2D eigenvalue weighted by Crippen LogP contribution is -2.09. The zero-order valence-electron chi connectivity index (χ0n) is 10.3. The molecule has 3 rings (SSSR count). The van der Waals surface area contributed by atoms with Crippen molar-refractivity contribution in [2.45, 2.75) is 25.3 Å². The largest absolute Gasteiger partial charge is 0.478 e. The van der Waals surface area contributed by atoms with Gasteiger partial charge < -0.3 is 9.67 Å². The fraction of sp³-hybridized carbons (Fsp3) is 0.267. The van der Waals surface area contributed by atoms with Gasteiger partial charge in [-0.25, -0.2) is 4.79 Å². The molecule has 0 fully saturated rings. The summed E-state index contributed by atoms with van der Waals surface area (Å²) >= 11 is 6.33. The highest BCUT2D eigenvalue weighted by Crippen LogP contribution is 2.36. The van der Waals surface area contributed by atoms with E-state index in [1.54, 1.807) is 0 Å². The van der Waals surface area contributed by atoms with Gasteiger partial charge in [0.05, 0.1) is 11.6 Å². The molecule has 0 saturated carbocycles. The minimum Gasteiger partial charge on any atom is -0.478 e. The summed E-state index contributed by atoms with van der Waals surface area (Å²) in [5, 5.41) is 10.4. The second-order valence-corrected chi connectivity index (χ2v) is 5.14. The number of carboxylic acids is 1. The minimum atomic E-state index is -0.972. The number of benzene rings is 1.